The van der Waals surface area contributed by atoms with E-state index in [4.69, 9.17) is 10.8 Å². The van der Waals surface area contributed by atoms with Gasteiger partial charge >= 0.3 is 12.0 Å². The zero-order valence-corrected chi connectivity index (χ0v) is 11.5. The lowest BCUT2D eigenvalue weighted by Crippen LogP contribution is -2.47. The minimum atomic E-state index is -1.26. The molecule has 0 aromatic rings. The van der Waals surface area contributed by atoms with Crippen molar-refractivity contribution in [1.29, 1.82) is 0 Å². The Morgan fingerprint density at radius 3 is 2.25 bits per heavy atom. The molecule has 0 saturated heterocycles. The summed E-state index contributed by atoms with van der Waals surface area (Å²) in [6.45, 7) is 0.0883. The summed E-state index contributed by atoms with van der Waals surface area (Å²) in [6.07, 6.45) is -0.121. The summed E-state index contributed by atoms with van der Waals surface area (Å²) in [6, 6.07) is -1.92. The fourth-order valence-corrected chi connectivity index (χ4v) is 1.26. The van der Waals surface area contributed by atoms with Gasteiger partial charge in [-0.3, -0.25) is 9.59 Å². The van der Waals surface area contributed by atoms with Gasteiger partial charge in [-0.15, -0.1) is 0 Å². The van der Waals surface area contributed by atoms with Crippen LogP contribution in [0.15, 0.2) is 0 Å². The summed E-state index contributed by atoms with van der Waals surface area (Å²) in [5.74, 6) is -2.06. The Balaban J connectivity index is 4.10. The smallest absolute Gasteiger partial charge is 0.326 e. The minimum absolute atomic E-state index is 0.0883. The Kier molecular flexibility index (Phi) is 7.71. The normalized spacial score (nSPS) is 11.3. The number of primary amides is 1. The van der Waals surface area contributed by atoms with Gasteiger partial charge in [-0.05, 0) is 6.42 Å². The van der Waals surface area contributed by atoms with E-state index >= 15 is 0 Å². The molecule has 0 bridgehead atoms. The van der Waals surface area contributed by atoms with E-state index in [2.05, 4.69) is 10.6 Å². The number of nitrogens with zero attached hydrogens (tertiary/aromatic N) is 1. The summed E-state index contributed by atoms with van der Waals surface area (Å²) in [5, 5.41) is 13.4. The van der Waals surface area contributed by atoms with E-state index in [1.165, 1.54) is 4.90 Å². The monoisotopic (exact) mass is 288 g/mol. The number of carboxylic acid groups (broad SMARTS) is 1. The van der Waals surface area contributed by atoms with Crippen molar-refractivity contribution in [2.75, 3.05) is 20.6 Å². The second-order valence-electron chi connectivity index (χ2n) is 4.33. The predicted octanol–water partition coefficient (Wildman–Crippen LogP) is -1.52. The zero-order chi connectivity index (χ0) is 15.7. The number of nitrogens with one attached hydrogen (secondary N) is 2. The average molecular weight is 288 g/mol. The molecule has 0 rings (SSSR count). The molecule has 114 valence electrons. The topological polar surface area (TPSA) is 142 Å². The number of carbonyl (C=O) groups is 4. The first kappa shape index (κ1) is 17.7. The van der Waals surface area contributed by atoms with Gasteiger partial charge < -0.3 is 26.4 Å². The van der Waals surface area contributed by atoms with E-state index in [1.54, 1.807) is 14.1 Å². The predicted molar refractivity (Wildman–Crippen MR) is 69.7 cm³/mol. The van der Waals surface area contributed by atoms with Crippen LogP contribution in [-0.4, -0.2) is 60.5 Å². The molecule has 0 aliphatic rings. The maximum atomic E-state index is 11.4. The fraction of sp³-hybridized carbons (Fsp3) is 0.636. The average Bonchev–Trinajstić information content (AvgIpc) is 2.33. The molecular formula is C11H20N4O5. The van der Waals surface area contributed by atoms with Crippen molar-refractivity contribution in [2.45, 2.75) is 25.3 Å². The lowest BCUT2D eigenvalue weighted by Gasteiger charge is -2.15. The second-order valence-corrected chi connectivity index (χ2v) is 4.33. The number of carboxylic acids is 1. The van der Waals surface area contributed by atoms with Crippen LogP contribution in [0.25, 0.3) is 0 Å². The maximum absolute atomic E-state index is 11.4. The van der Waals surface area contributed by atoms with Gasteiger partial charge in [0.15, 0.2) is 0 Å². The number of urea groups is 1. The molecule has 5 N–H and O–H groups in total. The number of carbonyl (C=O) groups excluding carboxylic acids is 3. The number of aliphatic carboxylic acids is 1. The van der Waals surface area contributed by atoms with Gasteiger partial charge in [0.25, 0.3) is 0 Å². The molecule has 0 spiro atoms. The van der Waals surface area contributed by atoms with Crippen LogP contribution < -0.4 is 16.4 Å². The highest BCUT2D eigenvalue weighted by Gasteiger charge is 2.20. The highest BCUT2D eigenvalue weighted by Crippen LogP contribution is 1.97. The van der Waals surface area contributed by atoms with E-state index in [0.717, 1.165) is 0 Å². The molecule has 0 aromatic carbocycles. The molecular weight excluding hydrogens is 268 g/mol. The van der Waals surface area contributed by atoms with E-state index in [0.29, 0.717) is 0 Å². The van der Waals surface area contributed by atoms with Crippen molar-refractivity contribution in [3.8, 4) is 0 Å². The molecule has 1 atom stereocenters. The zero-order valence-electron chi connectivity index (χ0n) is 11.5. The SMILES string of the molecule is CN(C)C(=O)CCNC(=O)N[C@H](CCC(N)=O)C(=O)O. The highest BCUT2D eigenvalue weighted by atomic mass is 16.4. The Morgan fingerprint density at radius 1 is 1.20 bits per heavy atom. The van der Waals surface area contributed by atoms with Gasteiger partial charge in [0.1, 0.15) is 6.04 Å². The van der Waals surface area contributed by atoms with Crippen molar-refractivity contribution in [2.24, 2.45) is 5.73 Å². The van der Waals surface area contributed by atoms with Gasteiger partial charge in [0, 0.05) is 33.5 Å². The lowest BCUT2D eigenvalue weighted by atomic mass is 10.1. The van der Waals surface area contributed by atoms with Crippen molar-refractivity contribution < 1.29 is 24.3 Å². The van der Waals surface area contributed by atoms with Gasteiger partial charge in [-0.25, -0.2) is 9.59 Å². The number of nitrogens with two attached hydrogens (primary N) is 1. The van der Waals surface area contributed by atoms with Crippen LogP contribution in [0, 0.1) is 0 Å². The van der Waals surface area contributed by atoms with Crippen LogP contribution in [0.5, 0.6) is 0 Å². The number of amides is 4. The summed E-state index contributed by atoms with van der Waals surface area (Å²) in [4.78, 5) is 45.5. The molecule has 0 aliphatic heterocycles. The molecule has 20 heavy (non-hydrogen) atoms. The Labute approximate surface area is 116 Å². The largest absolute Gasteiger partial charge is 0.480 e. The first-order valence-electron chi connectivity index (χ1n) is 5.99. The van der Waals surface area contributed by atoms with Crippen LogP contribution in [0.4, 0.5) is 4.79 Å². The van der Waals surface area contributed by atoms with E-state index in [-0.39, 0.29) is 31.7 Å². The lowest BCUT2D eigenvalue weighted by molar-refractivity contribution is -0.139. The molecule has 4 amide bonds. The van der Waals surface area contributed by atoms with Crippen molar-refractivity contribution in [3.63, 3.8) is 0 Å². The third-order valence-electron chi connectivity index (χ3n) is 2.41. The van der Waals surface area contributed by atoms with Gasteiger partial charge in [0.2, 0.25) is 11.8 Å². The maximum Gasteiger partial charge on any atom is 0.326 e. The summed E-state index contributed by atoms with van der Waals surface area (Å²) >= 11 is 0. The van der Waals surface area contributed by atoms with Crippen LogP contribution >= 0.6 is 0 Å². The van der Waals surface area contributed by atoms with E-state index < -0.39 is 23.9 Å². The van der Waals surface area contributed by atoms with E-state index in [9.17, 15) is 19.2 Å². The van der Waals surface area contributed by atoms with Crippen molar-refractivity contribution in [1.82, 2.24) is 15.5 Å². The molecule has 0 fully saturated rings. The molecule has 0 saturated carbocycles. The second kappa shape index (κ2) is 8.73. The molecule has 0 aromatic heterocycles. The fourth-order valence-electron chi connectivity index (χ4n) is 1.26. The van der Waals surface area contributed by atoms with Gasteiger partial charge in [0.05, 0.1) is 0 Å². The van der Waals surface area contributed by atoms with Crippen LogP contribution in [0.2, 0.25) is 0 Å². The summed E-state index contributed by atoms with van der Waals surface area (Å²) < 4.78 is 0. The molecule has 0 unspecified atom stereocenters. The highest BCUT2D eigenvalue weighted by molar-refractivity contribution is 5.83. The van der Waals surface area contributed by atoms with Crippen molar-refractivity contribution in [3.05, 3.63) is 0 Å². The minimum Gasteiger partial charge on any atom is -0.480 e. The first-order valence-corrected chi connectivity index (χ1v) is 5.99. The molecule has 0 aliphatic carbocycles. The summed E-state index contributed by atoms with van der Waals surface area (Å²) in [7, 11) is 3.18. The quantitative estimate of drug-likeness (QED) is 0.429. The first-order chi connectivity index (χ1) is 9.23. The van der Waals surface area contributed by atoms with Gasteiger partial charge in [-0.1, -0.05) is 0 Å². The van der Waals surface area contributed by atoms with E-state index in [1.807, 2.05) is 0 Å². The standard InChI is InChI=1S/C11H20N4O5/c1-15(2)9(17)5-6-13-11(20)14-7(10(18)19)3-4-8(12)16/h7H,3-6H2,1-2H3,(H2,12,16)(H,18,19)(H2,13,14,20)/t7-/m1/s1. The third kappa shape index (κ3) is 7.90. The van der Waals surface area contributed by atoms with Crippen LogP contribution in [0.1, 0.15) is 19.3 Å². The van der Waals surface area contributed by atoms with Gasteiger partial charge in [-0.2, -0.15) is 0 Å². The molecule has 0 radical (unpaired) electrons. The third-order valence-corrected chi connectivity index (χ3v) is 2.41. The van der Waals surface area contributed by atoms with Crippen LogP contribution in [0.3, 0.4) is 0 Å². The Hall–Kier alpha value is -2.32. The Morgan fingerprint density at radius 2 is 1.80 bits per heavy atom. The molecule has 9 heteroatoms. The number of rotatable bonds is 8. The number of hydrogen-bond acceptors (Lipinski definition) is 4. The van der Waals surface area contributed by atoms with Crippen molar-refractivity contribution >= 4 is 23.8 Å². The Bertz CT molecular complexity index is 383. The molecule has 0 heterocycles. The number of hydrogen-bond donors (Lipinski definition) is 4. The van der Waals surface area contributed by atoms with Crippen LogP contribution in [-0.2, 0) is 14.4 Å². The summed E-state index contributed by atoms with van der Waals surface area (Å²) in [5.41, 5.74) is 4.91. The molecule has 9 nitrogen and oxygen atoms in total.